The lowest BCUT2D eigenvalue weighted by Gasteiger charge is -2.24. The highest BCUT2D eigenvalue weighted by Gasteiger charge is 2.33. The van der Waals surface area contributed by atoms with E-state index in [0.717, 1.165) is 37.5 Å². The number of aromatic nitrogens is 4. The summed E-state index contributed by atoms with van der Waals surface area (Å²) >= 11 is 0. The lowest BCUT2D eigenvalue weighted by molar-refractivity contribution is 0.277. The van der Waals surface area contributed by atoms with Gasteiger partial charge in [-0.3, -0.25) is 0 Å². The first-order valence-corrected chi connectivity index (χ1v) is 8.82. The molecule has 0 aromatic carbocycles. The van der Waals surface area contributed by atoms with Crippen molar-refractivity contribution < 1.29 is 8.83 Å². The monoisotopic (exact) mass is 332 g/mol. The SMILES string of the molecule is CC(C)(C)c1nnc(C2CCCC(c3nnc(C(C)(C)C)o3)C2)o1. The molecule has 0 bridgehead atoms. The fourth-order valence-corrected chi connectivity index (χ4v) is 3.04. The zero-order valence-electron chi connectivity index (χ0n) is 15.6. The van der Waals surface area contributed by atoms with E-state index in [1.807, 2.05) is 0 Å². The molecule has 0 N–H and O–H groups in total. The van der Waals surface area contributed by atoms with Gasteiger partial charge in [-0.1, -0.05) is 48.0 Å². The third kappa shape index (κ3) is 3.52. The van der Waals surface area contributed by atoms with E-state index < -0.39 is 0 Å². The molecule has 6 heteroatoms. The average Bonchev–Trinajstić information content (AvgIpc) is 3.16. The van der Waals surface area contributed by atoms with Crippen molar-refractivity contribution in [2.75, 3.05) is 0 Å². The van der Waals surface area contributed by atoms with Crippen LogP contribution in [0.15, 0.2) is 8.83 Å². The Bertz CT molecular complexity index is 632. The van der Waals surface area contributed by atoms with Gasteiger partial charge in [0.1, 0.15) is 0 Å². The molecule has 2 heterocycles. The van der Waals surface area contributed by atoms with Crippen LogP contribution in [0.3, 0.4) is 0 Å². The van der Waals surface area contributed by atoms with Crippen LogP contribution in [0.5, 0.6) is 0 Å². The van der Waals surface area contributed by atoms with Crippen LogP contribution in [-0.4, -0.2) is 20.4 Å². The molecule has 1 saturated carbocycles. The fraction of sp³-hybridized carbons (Fsp3) is 0.778. The van der Waals surface area contributed by atoms with E-state index >= 15 is 0 Å². The molecule has 132 valence electrons. The Morgan fingerprint density at radius 2 is 1.12 bits per heavy atom. The third-order valence-electron chi connectivity index (χ3n) is 4.54. The van der Waals surface area contributed by atoms with Crippen molar-refractivity contribution in [1.29, 1.82) is 0 Å². The van der Waals surface area contributed by atoms with E-state index in [1.54, 1.807) is 0 Å². The van der Waals surface area contributed by atoms with Gasteiger partial charge in [-0.15, -0.1) is 20.4 Å². The van der Waals surface area contributed by atoms with E-state index in [0.29, 0.717) is 11.8 Å². The minimum Gasteiger partial charge on any atom is -0.424 e. The molecular weight excluding hydrogens is 304 g/mol. The summed E-state index contributed by atoms with van der Waals surface area (Å²) in [6, 6.07) is 0. The van der Waals surface area contributed by atoms with Crippen LogP contribution in [0.25, 0.3) is 0 Å². The molecule has 0 aliphatic heterocycles. The summed E-state index contributed by atoms with van der Waals surface area (Å²) in [5, 5.41) is 17.0. The summed E-state index contributed by atoms with van der Waals surface area (Å²) < 4.78 is 11.9. The smallest absolute Gasteiger partial charge is 0.221 e. The Labute approximate surface area is 143 Å². The first-order chi connectivity index (χ1) is 11.1. The predicted octanol–water partition coefficient (Wildman–Crippen LogP) is 4.49. The van der Waals surface area contributed by atoms with Crippen LogP contribution in [-0.2, 0) is 10.8 Å². The summed E-state index contributed by atoms with van der Waals surface area (Å²) in [6.07, 6.45) is 4.18. The second-order valence-electron chi connectivity index (χ2n) is 8.95. The van der Waals surface area contributed by atoms with Gasteiger partial charge in [0.05, 0.1) is 0 Å². The molecule has 1 aliphatic carbocycles. The molecule has 0 amide bonds. The van der Waals surface area contributed by atoms with Crippen LogP contribution in [0.2, 0.25) is 0 Å². The molecule has 1 fully saturated rings. The van der Waals surface area contributed by atoms with Crippen LogP contribution < -0.4 is 0 Å². The zero-order valence-corrected chi connectivity index (χ0v) is 15.6. The quantitative estimate of drug-likeness (QED) is 0.806. The van der Waals surface area contributed by atoms with Crippen molar-refractivity contribution in [2.24, 2.45) is 0 Å². The number of rotatable bonds is 2. The maximum atomic E-state index is 5.94. The van der Waals surface area contributed by atoms with Crippen molar-refractivity contribution in [2.45, 2.75) is 89.9 Å². The van der Waals surface area contributed by atoms with Crippen LogP contribution in [0.4, 0.5) is 0 Å². The average molecular weight is 332 g/mol. The highest BCUT2D eigenvalue weighted by atomic mass is 16.4. The minimum absolute atomic E-state index is 0.118. The van der Waals surface area contributed by atoms with E-state index in [4.69, 9.17) is 8.83 Å². The second-order valence-corrected chi connectivity index (χ2v) is 8.95. The summed E-state index contributed by atoms with van der Waals surface area (Å²) in [7, 11) is 0. The van der Waals surface area contributed by atoms with Crippen molar-refractivity contribution in [3.05, 3.63) is 23.6 Å². The topological polar surface area (TPSA) is 77.8 Å². The number of hydrogen-bond acceptors (Lipinski definition) is 6. The van der Waals surface area contributed by atoms with Gasteiger partial charge in [0.15, 0.2) is 0 Å². The van der Waals surface area contributed by atoms with Crippen LogP contribution in [0.1, 0.15) is 103 Å². The molecule has 6 nitrogen and oxygen atoms in total. The molecule has 0 saturated heterocycles. The van der Waals surface area contributed by atoms with Gasteiger partial charge < -0.3 is 8.83 Å². The van der Waals surface area contributed by atoms with Gasteiger partial charge in [0.2, 0.25) is 23.6 Å². The first-order valence-electron chi connectivity index (χ1n) is 8.82. The molecule has 2 aromatic heterocycles. The van der Waals surface area contributed by atoms with Crippen molar-refractivity contribution in [3.8, 4) is 0 Å². The highest BCUT2D eigenvalue weighted by molar-refractivity contribution is 5.05. The molecule has 0 spiro atoms. The minimum atomic E-state index is -0.118. The molecule has 2 atom stereocenters. The van der Waals surface area contributed by atoms with Gasteiger partial charge in [-0.25, -0.2) is 0 Å². The molecule has 24 heavy (non-hydrogen) atoms. The van der Waals surface area contributed by atoms with E-state index in [1.165, 1.54) is 0 Å². The third-order valence-corrected chi connectivity index (χ3v) is 4.54. The van der Waals surface area contributed by atoms with Crippen LogP contribution in [0, 0.1) is 0 Å². The second kappa shape index (κ2) is 5.97. The van der Waals surface area contributed by atoms with Gasteiger partial charge in [-0.2, -0.15) is 0 Å². The number of nitrogens with zero attached hydrogens (tertiary/aromatic N) is 4. The van der Waals surface area contributed by atoms with E-state index in [2.05, 4.69) is 61.9 Å². The summed E-state index contributed by atoms with van der Waals surface area (Å²) in [4.78, 5) is 0. The molecule has 2 unspecified atom stereocenters. The summed E-state index contributed by atoms with van der Waals surface area (Å²) in [6.45, 7) is 12.5. The summed E-state index contributed by atoms with van der Waals surface area (Å²) in [5.41, 5.74) is -0.235. The molecule has 0 radical (unpaired) electrons. The van der Waals surface area contributed by atoms with Crippen molar-refractivity contribution in [1.82, 2.24) is 20.4 Å². The van der Waals surface area contributed by atoms with Gasteiger partial charge >= 0.3 is 0 Å². The highest BCUT2D eigenvalue weighted by Crippen LogP contribution is 2.41. The van der Waals surface area contributed by atoms with Crippen molar-refractivity contribution in [3.63, 3.8) is 0 Å². The largest absolute Gasteiger partial charge is 0.424 e. The van der Waals surface area contributed by atoms with Crippen molar-refractivity contribution >= 4 is 0 Å². The zero-order chi connectivity index (χ0) is 17.5. The van der Waals surface area contributed by atoms with Gasteiger partial charge in [0, 0.05) is 22.7 Å². The Kier molecular flexibility index (Phi) is 4.26. The van der Waals surface area contributed by atoms with E-state index in [-0.39, 0.29) is 22.7 Å². The lowest BCUT2D eigenvalue weighted by atomic mass is 9.81. The Balaban J connectivity index is 1.75. The molecule has 1 aliphatic rings. The first kappa shape index (κ1) is 17.1. The van der Waals surface area contributed by atoms with Gasteiger partial charge in [-0.05, 0) is 19.3 Å². The molecular formula is C18H28N4O2. The Hall–Kier alpha value is -1.72. The lowest BCUT2D eigenvalue weighted by Crippen LogP contribution is -2.14. The Morgan fingerprint density at radius 1 is 0.708 bits per heavy atom. The molecule has 2 aromatic rings. The predicted molar refractivity (Wildman–Crippen MR) is 89.9 cm³/mol. The fourth-order valence-electron chi connectivity index (χ4n) is 3.04. The maximum absolute atomic E-state index is 5.94. The number of hydrogen-bond donors (Lipinski definition) is 0. The maximum Gasteiger partial charge on any atom is 0.221 e. The standard InChI is InChI=1S/C18H28N4O2/c1-17(2,3)15-21-19-13(23-15)11-8-7-9-12(10-11)14-20-22-16(24-14)18(4,5)6/h11-12H,7-10H2,1-6H3. The van der Waals surface area contributed by atoms with Crippen LogP contribution >= 0.6 is 0 Å². The van der Waals surface area contributed by atoms with E-state index in [9.17, 15) is 0 Å². The Morgan fingerprint density at radius 3 is 1.46 bits per heavy atom. The van der Waals surface area contributed by atoms with Gasteiger partial charge in [0.25, 0.3) is 0 Å². The summed E-state index contributed by atoms with van der Waals surface area (Å²) in [5.74, 6) is 3.45. The molecule has 3 rings (SSSR count). The normalized spacial score (nSPS) is 22.8.